The summed E-state index contributed by atoms with van der Waals surface area (Å²) in [4.78, 5) is 15.2. The molecule has 1 aromatic heterocycles. The second kappa shape index (κ2) is 4.74. The Kier molecular flexibility index (Phi) is 3.63. The van der Waals surface area contributed by atoms with E-state index in [0.29, 0.717) is 6.42 Å². The van der Waals surface area contributed by atoms with E-state index in [1.807, 2.05) is 26.0 Å². The number of aromatic nitrogens is 1. The standard InChI is InChI=1S/C11H16N2O/c1-3-9(11(12)14)7-10-6-8(2)4-5-13-10/h4-6,9H,3,7H2,1-2H3,(H2,12,14). The maximum Gasteiger partial charge on any atom is 0.220 e. The lowest BCUT2D eigenvalue weighted by Gasteiger charge is -2.09. The van der Waals surface area contributed by atoms with Gasteiger partial charge in [-0.15, -0.1) is 0 Å². The summed E-state index contributed by atoms with van der Waals surface area (Å²) in [5.41, 5.74) is 7.37. The van der Waals surface area contributed by atoms with Gasteiger partial charge in [-0.05, 0) is 31.0 Å². The molecule has 1 amide bonds. The van der Waals surface area contributed by atoms with Crippen molar-refractivity contribution < 1.29 is 4.79 Å². The predicted molar refractivity (Wildman–Crippen MR) is 55.7 cm³/mol. The first-order chi connectivity index (χ1) is 6.63. The molecule has 3 heteroatoms. The van der Waals surface area contributed by atoms with Crippen molar-refractivity contribution in [2.45, 2.75) is 26.7 Å². The largest absolute Gasteiger partial charge is 0.369 e. The molecule has 0 aliphatic heterocycles. The van der Waals surface area contributed by atoms with Crippen LogP contribution in [0.1, 0.15) is 24.6 Å². The quantitative estimate of drug-likeness (QED) is 0.784. The van der Waals surface area contributed by atoms with Gasteiger partial charge in [-0.25, -0.2) is 0 Å². The Labute approximate surface area is 84.3 Å². The van der Waals surface area contributed by atoms with Crippen LogP contribution in [0.2, 0.25) is 0 Å². The molecule has 0 radical (unpaired) electrons. The Morgan fingerprint density at radius 3 is 2.86 bits per heavy atom. The number of carbonyl (C=O) groups is 1. The van der Waals surface area contributed by atoms with Crippen molar-refractivity contribution in [1.29, 1.82) is 0 Å². The molecule has 1 heterocycles. The SMILES string of the molecule is CCC(Cc1cc(C)ccn1)C(N)=O. The molecule has 0 saturated heterocycles. The fourth-order valence-corrected chi connectivity index (χ4v) is 1.41. The van der Waals surface area contributed by atoms with E-state index in [1.165, 1.54) is 0 Å². The fraction of sp³-hybridized carbons (Fsp3) is 0.455. The number of amides is 1. The van der Waals surface area contributed by atoms with Gasteiger partial charge in [0.25, 0.3) is 0 Å². The highest BCUT2D eigenvalue weighted by Crippen LogP contribution is 2.10. The van der Waals surface area contributed by atoms with Crippen molar-refractivity contribution in [3.8, 4) is 0 Å². The van der Waals surface area contributed by atoms with E-state index in [9.17, 15) is 4.79 Å². The topological polar surface area (TPSA) is 56.0 Å². The van der Waals surface area contributed by atoms with Gasteiger partial charge in [0.2, 0.25) is 5.91 Å². The number of pyridine rings is 1. The molecule has 76 valence electrons. The molecule has 1 rings (SSSR count). The highest BCUT2D eigenvalue weighted by atomic mass is 16.1. The molecule has 0 bridgehead atoms. The second-order valence-corrected chi connectivity index (χ2v) is 3.54. The molecule has 1 aromatic rings. The Morgan fingerprint density at radius 2 is 2.36 bits per heavy atom. The van der Waals surface area contributed by atoms with Crippen molar-refractivity contribution in [2.24, 2.45) is 11.7 Å². The molecule has 2 N–H and O–H groups in total. The van der Waals surface area contributed by atoms with Gasteiger partial charge in [-0.3, -0.25) is 9.78 Å². The van der Waals surface area contributed by atoms with Gasteiger partial charge in [0, 0.05) is 24.2 Å². The molecule has 0 spiro atoms. The molecule has 0 aromatic carbocycles. The lowest BCUT2D eigenvalue weighted by molar-refractivity contribution is -0.121. The summed E-state index contributed by atoms with van der Waals surface area (Å²) in [7, 11) is 0. The minimum absolute atomic E-state index is 0.0932. The second-order valence-electron chi connectivity index (χ2n) is 3.54. The Hall–Kier alpha value is -1.38. The monoisotopic (exact) mass is 192 g/mol. The predicted octanol–water partition coefficient (Wildman–Crippen LogP) is 1.44. The molecule has 1 atom stereocenters. The van der Waals surface area contributed by atoms with Crippen molar-refractivity contribution in [3.63, 3.8) is 0 Å². The molecule has 14 heavy (non-hydrogen) atoms. The van der Waals surface area contributed by atoms with Crippen LogP contribution in [0, 0.1) is 12.8 Å². The van der Waals surface area contributed by atoms with Crippen molar-refractivity contribution >= 4 is 5.91 Å². The number of aryl methyl sites for hydroxylation is 1. The van der Waals surface area contributed by atoms with Crippen LogP contribution in [0.4, 0.5) is 0 Å². The number of carbonyl (C=O) groups excluding carboxylic acids is 1. The summed E-state index contributed by atoms with van der Waals surface area (Å²) < 4.78 is 0. The third kappa shape index (κ3) is 2.83. The maximum absolute atomic E-state index is 11.0. The smallest absolute Gasteiger partial charge is 0.220 e. The number of primary amides is 1. The molecule has 0 aliphatic carbocycles. The van der Waals surface area contributed by atoms with Gasteiger partial charge in [-0.1, -0.05) is 6.92 Å². The van der Waals surface area contributed by atoms with Crippen LogP contribution in [0.5, 0.6) is 0 Å². The van der Waals surface area contributed by atoms with Crippen LogP contribution in [0.15, 0.2) is 18.3 Å². The Balaban J connectivity index is 2.72. The summed E-state index contributed by atoms with van der Waals surface area (Å²) in [5, 5.41) is 0. The Morgan fingerprint density at radius 1 is 1.64 bits per heavy atom. The van der Waals surface area contributed by atoms with E-state index in [0.717, 1.165) is 17.7 Å². The highest BCUT2D eigenvalue weighted by molar-refractivity contribution is 5.76. The zero-order chi connectivity index (χ0) is 10.6. The minimum Gasteiger partial charge on any atom is -0.369 e. The fourth-order valence-electron chi connectivity index (χ4n) is 1.41. The van der Waals surface area contributed by atoms with Crippen LogP contribution in [0.3, 0.4) is 0 Å². The lowest BCUT2D eigenvalue weighted by atomic mass is 9.99. The first kappa shape index (κ1) is 10.7. The van der Waals surface area contributed by atoms with Crippen LogP contribution < -0.4 is 5.73 Å². The zero-order valence-corrected chi connectivity index (χ0v) is 8.66. The Bertz CT molecular complexity index is 323. The average molecular weight is 192 g/mol. The van der Waals surface area contributed by atoms with E-state index in [1.54, 1.807) is 6.20 Å². The van der Waals surface area contributed by atoms with E-state index in [-0.39, 0.29) is 11.8 Å². The van der Waals surface area contributed by atoms with Crippen LogP contribution in [-0.2, 0) is 11.2 Å². The lowest BCUT2D eigenvalue weighted by Crippen LogP contribution is -2.24. The van der Waals surface area contributed by atoms with E-state index < -0.39 is 0 Å². The number of hydrogen-bond acceptors (Lipinski definition) is 2. The van der Waals surface area contributed by atoms with Gasteiger partial charge >= 0.3 is 0 Å². The molecular weight excluding hydrogens is 176 g/mol. The maximum atomic E-state index is 11.0. The van der Waals surface area contributed by atoms with E-state index in [4.69, 9.17) is 5.73 Å². The average Bonchev–Trinajstić information content (AvgIpc) is 2.14. The van der Waals surface area contributed by atoms with Gasteiger partial charge in [-0.2, -0.15) is 0 Å². The number of nitrogens with zero attached hydrogens (tertiary/aromatic N) is 1. The summed E-state index contributed by atoms with van der Waals surface area (Å²) in [6.07, 6.45) is 3.18. The third-order valence-electron chi connectivity index (χ3n) is 2.32. The summed E-state index contributed by atoms with van der Waals surface area (Å²) >= 11 is 0. The van der Waals surface area contributed by atoms with Crippen molar-refractivity contribution in [1.82, 2.24) is 4.98 Å². The number of rotatable bonds is 4. The van der Waals surface area contributed by atoms with Crippen molar-refractivity contribution in [3.05, 3.63) is 29.6 Å². The van der Waals surface area contributed by atoms with Gasteiger partial charge in [0.15, 0.2) is 0 Å². The molecular formula is C11H16N2O. The molecule has 3 nitrogen and oxygen atoms in total. The van der Waals surface area contributed by atoms with Gasteiger partial charge < -0.3 is 5.73 Å². The van der Waals surface area contributed by atoms with Crippen LogP contribution in [0.25, 0.3) is 0 Å². The first-order valence-electron chi connectivity index (χ1n) is 4.84. The third-order valence-corrected chi connectivity index (χ3v) is 2.32. The van der Waals surface area contributed by atoms with Crippen LogP contribution in [-0.4, -0.2) is 10.9 Å². The summed E-state index contributed by atoms with van der Waals surface area (Å²) in [6, 6.07) is 3.93. The zero-order valence-electron chi connectivity index (χ0n) is 8.66. The minimum atomic E-state index is -0.240. The summed E-state index contributed by atoms with van der Waals surface area (Å²) in [5.74, 6) is -0.333. The van der Waals surface area contributed by atoms with Crippen molar-refractivity contribution in [2.75, 3.05) is 0 Å². The molecule has 0 aliphatic rings. The van der Waals surface area contributed by atoms with E-state index >= 15 is 0 Å². The highest BCUT2D eigenvalue weighted by Gasteiger charge is 2.13. The van der Waals surface area contributed by atoms with Gasteiger partial charge in [0.1, 0.15) is 0 Å². The number of nitrogens with two attached hydrogens (primary N) is 1. The first-order valence-corrected chi connectivity index (χ1v) is 4.84. The molecule has 0 fully saturated rings. The normalized spacial score (nSPS) is 12.4. The van der Waals surface area contributed by atoms with E-state index in [2.05, 4.69) is 4.98 Å². The summed E-state index contributed by atoms with van der Waals surface area (Å²) in [6.45, 7) is 3.97. The molecule has 1 unspecified atom stereocenters. The van der Waals surface area contributed by atoms with Gasteiger partial charge in [0.05, 0.1) is 0 Å². The van der Waals surface area contributed by atoms with Crippen LogP contribution >= 0.6 is 0 Å². The number of hydrogen-bond donors (Lipinski definition) is 1. The molecule has 0 saturated carbocycles.